The summed E-state index contributed by atoms with van der Waals surface area (Å²) >= 11 is 0. The van der Waals surface area contributed by atoms with Gasteiger partial charge in [0.15, 0.2) is 5.78 Å². The highest BCUT2D eigenvalue weighted by atomic mass is 16.2. The molecule has 0 bridgehead atoms. The molecule has 2 fully saturated rings. The van der Waals surface area contributed by atoms with Crippen LogP contribution in [0.15, 0.2) is 24.3 Å². The number of hydrogen-bond acceptors (Lipinski definition) is 2. The van der Waals surface area contributed by atoms with Crippen molar-refractivity contribution in [2.24, 2.45) is 17.3 Å². The standard InChI is InChI=1S/C16H22O2/c1-10(2)12-8-9-16(4,11(12)3)15(18)13-6-5-7-14(13)17/h12-13H,1,3,5-9H2,2,4H3. The minimum absolute atomic E-state index is 0.110. The van der Waals surface area contributed by atoms with Gasteiger partial charge in [0.25, 0.3) is 0 Å². The number of rotatable bonds is 3. The van der Waals surface area contributed by atoms with Gasteiger partial charge in [-0.3, -0.25) is 9.59 Å². The molecule has 0 heterocycles. The highest BCUT2D eigenvalue weighted by Gasteiger charge is 2.48. The van der Waals surface area contributed by atoms with E-state index in [0.29, 0.717) is 6.42 Å². The topological polar surface area (TPSA) is 34.1 Å². The van der Waals surface area contributed by atoms with Crippen molar-refractivity contribution in [1.29, 1.82) is 0 Å². The maximum absolute atomic E-state index is 12.6. The van der Waals surface area contributed by atoms with Crippen LogP contribution in [0, 0.1) is 17.3 Å². The lowest BCUT2D eigenvalue weighted by Gasteiger charge is -2.28. The lowest BCUT2D eigenvalue weighted by molar-refractivity contribution is -0.135. The summed E-state index contributed by atoms with van der Waals surface area (Å²) in [5, 5.41) is 0. The number of carbonyl (C=O) groups excluding carboxylic acids is 2. The second kappa shape index (κ2) is 4.49. The number of Topliss-reactive ketones (excluding diaryl/α,β-unsaturated/α-hetero) is 2. The van der Waals surface area contributed by atoms with Gasteiger partial charge in [-0.15, -0.1) is 0 Å². The normalized spacial score (nSPS) is 36.1. The summed E-state index contributed by atoms with van der Waals surface area (Å²) in [6.45, 7) is 12.1. The summed E-state index contributed by atoms with van der Waals surface area (Å²) in [7, 11) is 0. The zero-order valence-corrected chi connectivity index (χ0v) is 11.4. The van der Waals surface area contributed by atoms with Crippen LogP contribution in [-0.4, -0.2) is 11.6 Å². The Balaban J connectivity index is 2.22. The number of ketones is 2. The summed E-state index contributed by atoms with van der Waals surface area (Å²) < 4.78 is 0. The molecule has 2 heteroatoms. The number of allylic oxidation sites excluding steroid dienone is 2. The molecule has 18 heavy (non-hydrogen) atoms. The smallest absolute Gasteiger partial charge is 0.153 e. The fraction of sp³-hybridized carbons (Fsp3) is 0.625. The molecule has 0 aromatic carbocycles. The quantitative estimate of drug-likeness (QED) is 0.564. The van der Waals surface area contributed by atoms with Gasteiger partial charge in [-0.2, -0.15) is 0 Å². The maximum atomic E-state index is 12.6. The number of hydrogen-bond donors (Lipinski definition) is 0. The monoisotopic (exact) mass is 246 g/mol. The van der Waals surface area contributed by atoms with Crippen molar-refractivity contribution >= 4 is 11.6 Å². The average molecular weight is 246 g/mol. The van der Waals surface area contributed by atoms with Crippen LogP contribution in [0.25, 0.3) is 0 Å². The van der Waals surface area contributed by atoms with Gasteiger partial charge < -0.3 is 0 Å². The predicted octanol–water partition coefficient (Wildman–Crippen LogP) is 3.47. The summed E-state index contributed by atoms with van der Waals surface area (Å²) in [5.41, 5.74) is 1.54. The minimum atomic E-state index is -0.506. The SMILES string of the molecule is C=C(C)C1CCC(C)(C(=O)C2CCCC2=O)C1=C. The van der Waals surface area contributed by atoms with Crippen LogP contribution in [0.1, 0.15) is 46.0 Å². The zero-order valence-electron chi connectivity index (χ0n) is 11.4. The van der Waals surface area contributed by atoms with Crippen LogP contribution in [0.3, 0.4) is 0 Å². The summed E-state index contributed by atoms with van der Waals surface area (Å²) in [4.78, 5) is 24.4. The summed E-state index contributed by atoms with van der Waals surface area (Å²) in [6, 6.07) is 0. The van der Waals surface area contributed by atoms with Gasteiger partial charge in [0.1, 0.15) is 5.78 Å². The van der Waals surface area contributed by atoms with E-state index >= 15 is 0 Å². The van der Waals surface area contributed by atoms with Crippen molar-refractivity contribution in [2.45, 2.75) is 46.0 Å². The first-order valence-electron chi connectivity index (χ1n) is 6.79. The van der Waals surface area contributed by atoms with Crippen LogP contribution >= 0.6 is 0 Å². The molecular formula is C16H22O2. The van der Waals surface area contributed by atoms with Gasteiger partial charge in [0, 0.05) is 17.8 Å². The maximum Gasteiger partial charge on any atom is 0.153 e. The van der Waals surface area contributed by atoms with Crippen LogP contribution in [0.5, 0.6) is 0 Å². The molecular weight excluding hydrogens is 224 g/mol. The van der Waals surface area contributed by atoms with E-state index in [4.69, 9.17) is 0 Å². The van der Waals surface area contributed by atoms with E-state index in [9.17, 15) is 9.59 Å². The van der Waals surface area contributed by atoms with E-state index in [1.807, 2.05) is 13.8 Å². The summed E-state index contributed by atoms with van der Waals surface area (Å²) in [6.07, 6.45) is 3.92. The van der Waals surface area contributed by atoms with E-state index in [1.54, 1.807) is 0 Å². The zero-order chi connectivity index (χ0) is 13.5. The summed E-state index contributed by atoms with van der Waals surface area (Å²) in [5.74, 6) is 0.123. The van der Waals surface area contributed by atoms with E-state index < -0.39 is 5.41 Å². The fourth-order valence-corrected chi connectivity index (χ4v) is 3.46. The molecule has 2 nitrogen and oxygen atoms in total. The van der Waals surface area contributed by atoms with Gasteiger partial charge in [-0.05, 0) is 39.5 Å². The van der Waals surface area contributed by atoms with Gasteiger partial charge in [-0.25, -0.2) is 0 Å². The van der Waals surface area contributed by atoms with Crippen molar-refractivity contribution in [2.75, 3.05) is 0 Å². The molecule has 2 saturated carbocycles. The fourth-order valence-electron chi connectivity index (χ4n) is 3.46. The Morgan fingerprint density at radius 2 is 2.00 bits per heavy atom. The van der Waals surface area contributed by atoms with Gasteiger partial charge in [0.2, 0.25) is 0 Å². The molecule has 98 valence electrons. The minimum Gasteiger partial charge on any atom is -0.299 e. The third kappa shape index (κ3) is 1.88. The molecule has 0 N–H and O–H groups in total. The van der Waals surface area contributed by atoms with Crippen LogP contribution in [0.4, 0.5) is 0 Å². The Morgan fingerprint density at radius 1 is 1.33 bits per heavy atom. The first kappa shape index (κ1) is 13.3. The third-order valence-corrected chi connectivity index (χ3v) is 4.82. The highest BCUT2D eigenvalue weighted by Crippen LogP contribution is 2.50. The first-order chi connectivity index (χ1) is 8.38. The molecule has 3 unspecified atom stereocenters. The second-order valence-electron chi connectivity index (χ2n) is 6.07. The van der Waals surface area contributed by atoms with E-state index in [2.05, 4.69) is 13.2 Å². The van der Waals surface area contributed by atoms with E-state index in [1.165, 1.54) is 0 Å². The van der Waals surface area contributed by atoms with Gasteiger partial charge >= 0.3 is 0 Å². The van der Waals surface area contributed by atoms with Crippen molar-refractivity contribution in [3.63, 3.8) is 0 Å². The first-order valence-corrected chi connectivity index (χ1v) is 6.79. The molecule has 0 radical (unpaired) electrons. The lowest BCUT2D eigenvalue weighted by atomic mass is 9.73. The Bertz CT molecular complexity index is 432. The van der Waals surface area contributed by atoms with E-state index in [-0.39, 0.29) is 23.4 Å². The van der Waals surface area contributed by atoms with Gasteiger partial charge in [0.05, 0.1) is 5.92 Å². The van der Waals surface area contributed by atoms with Crippen LogP contribution < -0.4 is 0 Å². The molecule has 2 aliphatic carbocycles. The van der Waals surface area contributed by atoms with Crippen molar-refractivity contribution in [1.82, 2.24) is 0 Å². The molecule has 2 aliphatic rings. The molecule has 0 spiro atoms. The Hall–Kier alpha value is -1.18. The Morgan fingerprint density at radius 3 is 2.44 bits per heavy atom. The molecule has 2 rings (SSSR count). The van der Waals surface area contributed by atoms with E-state index in [0.717, 1.165) is 36.8 Å². The highest BCUT2D eigenvalue weighted by molar-refractivity contribution is 6.07. The van der Waals surface area contributed by atoms with Gasteiger partial charge in [-0.1, -0.05) is 24.3 Å². The number of carbonyl (C=O) groups is 2. The molecule has 0 aromatic heterocycles. The Kier molecular flexibility index (Phi) is 3.31. The molecule has 0 aliphatic heterocycles. The lowest BCUT2D eigenvalue weighted by Crippen LogP contribution is -2.35. The molecule has 0 aromatic rings. The van der Waals surface area contributed by atoms with Crippen molar-refractivity contribution < 1.29 is 9.59 Å². The molecule has 0 saturated heterocycles. The largest absolute Gasteiger partial charge is 0.299 e. The molecule has 0 amide bonds. The van der Waals surface area contributed by atoms with Crippen LogP contribution in [0.2, 0.25) is 0 Å². The average Bonchev–Trinajstić information content (AvgIpc) is 2.84. The Labute approximate surface area is 109 Å². The third-order valence-electron chi connectivity index (χ3n) is 4.82. The predicted molar refractivity (Wildman–Crippen MR) is 72.1 cm³/mol. The molecule has 3 atom stereocenters. The van der Waals surface area contributed by atoms with Crippen LogP contribution in [-0.2, 0) is 9.59 Å². The second-order valence-corrected chi connectivity index (χ2v) is 6.07. The van der Waals surface area contributed by atoms with Crippen molar-refractivity contribution in [3.05, 3.63) is 24.3 Å². The van der Waals surface area contributed by atoms with Crippen molar-refractivity contribution in [3.8, 4) is 0 Å².